The summed E-state index contributed by atoms with van der Waals surface area (Å²) in [6.07, 6.45) is 3.30. The number of likely N-dealkylation sites (tertiary alicyclic amines) is 1. The molecular weight excluding hydrogens is 350 g/mol. The molecule has 3 heterocycles. The van der Waals surface area contributed by atoms with Crippen LogP contribution in [0.2, 0.25) is 0 Å². The number of hydrogen-bond donors (Lipinski definition) is 2. The Balaban J connectivity index is 1.64. The molecule has 7 heteroatoms. The third-order valence-corrected chi connectivity index (χ3v) is 5.52. The van der Waals surface area contributed by atoms with Crippen LogP contribution in [0.4, 0.5) is 0 Å². The van der Waals surface area contributed by atoms with Gasteiger partial charge in [-0.25, -0.2) is 4.99 Å². The van der Waals surface area contributed by atoms with Crippen molar-refractivity contribution in [2.45, 2.75) is 53.1 Å². The van der Waals surface area contributed by atoms with Crippen LogP contribution < -0.4 is 10.6 Å². The van der Waals surface area contributed by atoms with E-state index in [4.69, 9.17) is 4.99 Å². The molecule has 0 amide bonds. The molecule has 0 saturated carbocycles. The second-order valence-corrected chi connectivity index (χ2v) is 8.76. The summed E-state index contributed by atoms with van der Waals surface area (Å²) >= 11 is 0. The lowest BCUT2D eigenvalue weighted by atomic mass is 9.88. The number of fused-ring (bicyclic) bond motifs is 1. The lowest BCUT2D eigenvalue weighted by Crippen LogP contribution is -2.57. The van der Waals surface area contributed by atoms with E-state index in [0.717, 1.165) is 42.4 Å². The normalized spacial score (nSPS) is 21.8. The number of aromatic nitrogens is 3. The van der Waals surface area contributed by atoms with Crippen LogP contribution in [-0.4, -0.2) is 57.2 Å². The molecule has 3 rings (SSSR count). The van der Waals surface area contributed by atoms with E-state index in [0.29, 0.717) is 6.54 Å². The van der Waals surface area contributed by atoms with Crippen LogP contribution in [0.15, 0.2) is 29.4 Å². The highest BCUT2D eigenvalue weighted by Gasteiger charge is 2.32. The lowest BCUT2D eigenvalue weighted by Gasteiger charge is -2.45. The predicted octanol–water partition coefficient (Wildman–Crippen LogP) is 2.54. The number of rotatable bonds is 6. The van der Waals surface area contributed by atoms with Crippen molar-refractivity contribution in [2.75, 3.05) is 26.2 Å². The van der Waals surface area contributed by atoms with Gasteiger partial charge in [0.2, 0.25) is 0 Å². The smallest absolute Gasteiger partial charge is 0.191 e. The zero-order chi connectivity index (χ0) is 20.1. The van der Waals surface area contributed by atoms with E-state index in [1.165, 1.54) is 19.5 Å². The average molecular weight is 386 g/mol. The third-order valence-electron chi connectivity index (χ3n) is 5.52. The Hall–Kier alpha value is -2.15. The molecule has 2 aromatic rings. The van der Waals surface area contributed by atoms with Gasteiger partial charge in [0.15, 0.2) is 17.4 Å². The standard InChI is InChI=1S/C21H35N7/c1-6-22-20(23-12-19-26-25-18-9-7-8-10-28(18)19)24-15-21(4,5)27-13-16(2)11-17(3)14-27/h7-10,16-17H,6,11-15H2,1-5H3,(H2,22,23,24). The van der Waals surface area contributed by atoms with Crippen molar-refractivity contribution in [3.63, 3.8) is 0 Å². The summed E-state index contributed by atoms with van der Waals surface area (Å²) < 4.78 is 1.98. The zero-order valence-corrected chi connectivity index (χ0v) is 17.9. The lowest BCUT2D eigenvalue weighted by molar-refractivity contribution is 0.0483. The van der Waals surface area contributed by atoms with Gasteiger partial charge in [-0.3, -0.25) is 9.30 Å². The maximum absolute atomic E-state index is 4.74. The first-order valence-electron chi connectivity index (χ1n) is 10.4. The molecule has 2 N–H and O–H groups in total. The molecule has 0 bridgehead atoms. The maximum Gasteiger partial charge on any atom is 0.191 e. The quantitative estimate of drug-likeness (QED) is 0.591. The van der Waals surface area contributed by atoms with Crippen LogP contribution >= 0.6 is 0 Å². The monoisotopic (exact) mass is 385 g/mol. The molecule has 0 aromatic carbocycles. The largest absolute Gasteiger partial charge is 0.357 e. The molecular formula is C21H35N7. The second-order valence-electron chi connectivity index (χ2n) is 8.76. The summed E-state index contributed by atoms with van der Waals surface area (Å²) in [5, 5.41) is 15.4. The predicted molar refractivity (Wildman–Crippen MR) is 114 cm³/mol. The van der Waals surface area contributed by atoms with Gasteiger partial charge in [-0.15, -0.1) is 10.2 Å². The number of nitrogens with zero attached hydrogens (tertiary/aromatic N) is 5. The van der Waals surface area contributed by atoms with E-state index in [-0.39, 0.29) is 5.54 Å². The van der Waals surface area contributed by atoms with E-state index in [1.807, 2.05) is 28.8 Å². The summed E-state index contributed by atoms with van der Waals surface area (Å²) in [7, 11) is 0. The summed E-state index contributed by atoms with van der Waals surface area (Å²) in [5.41, 5.74) is 0.917. The van der Waals surface area contributed by atoms with E-state index in [2.05, 4.69) is 60.3 Å². The molecule has 2 unspecified atom stereocenters. The van der Waals surface area contributed by atoms with E-state index in [1.54, 1.807) is 0 Å². The van der Waals surface area contributed by atoms with Crippen molar-refractivity contribution in [2.24, 2.45) is 16.8 Å². The molecule has 0 spiro atoms. The van der Waals surface area contributed by atoms with Gasteiger partial charge < -0.3 is 10.6 Å². The molecule has 2 aromatic heterocycles. The SMILES string of the molecule is CCNC(=NCc1nnc2ccccn12)NCC(C)(C)N1CC(C)CC(C)C1. The Kier molecular flexibility index (Phi) is 6.54. The Morgan fingerprint density at radius 3 is 2.64 bits per heavy atom. The first-order chi connectivity index (χ1) is 13.4. The van der Waals surface area contributed by atoms with E-state index in [9.17, 15) is 0 Å². The van der Waals surface area contributed by atoms with Gasteiger partial charge in [0.25, 0.3) is 0 Å². The average Bonchev–Trinajstić information content (AvgIpc) is 3.06. The third kappa shape index (κ3) is 5.01. The molecule has 1 fully saturated rings. The van der Waals surface area contributed by atoms with Gasteiger partial charge in [0.05, 0.1) is 0 Å². The molecule has 0 radical (unpaired) electrons. The molecule has 2 atom stereocenters. The van der Waals surface area contributed by atoms with Crippen molar-refractivity contribution in [3.05, 3.63) is 30.2 Å². The van der Waals surface area contributed by atoms with Crippen molar-refractivity contribution >= 4 is 11.6 Å². The van der Waals surface area contributed by atoms with Gasteiger partial charge in [-0.05, 0) is 51.2 Å². The summed E-state index contributed by atoms with van der Waals surface area (Å²) in [4.78, 5) is 7.36. The van der Waals surface area contributed by atoms with Crippen LogP contribution in [0.3, 0.4) is 0 Å². The van der Waals surface area contributed by atoms with Crippen molar-refractivity contribution in [1.29, 1.82) is 0 Å². The fraction of sp³-hybridized carbons (Fsp3) is 0.667. The van der Waals surface area contributed by atoms with Gasteiger partial charge in [-0.2, -0.15) is 0 Å². The number of hydrogen-bond acceptors (Lipinski definition) is 4. The number of guanidine groups is 1. The van der Waals surface area contributed by atoms with Crippen molar-refractivity contribution < 1.29 is 0 Å². The molecule has 1 aliphatic rings. The van der Waals surface area contributed by atoms with E-state index < -0.39 is 0 Å². The highest BCUT2D eigenvalue weighted by atomic mass is 15.3. The highest BCUT2D eigenvalue weighted by Crippen LogP contribution is 2.26. The summed E-state index contributed by atoms with van der Waals surface area (Å²) in [5.74, 6) is 3.17. The molecule has 1 saturated heterocycles. The Labute approximate surface area is 168 Å². The maximum atomic E-state index is 4.74. The van der Waals surface area contributed by atoms with Crippen LogP contribution in [0.1, 0.15) is 46.9 Å². The summed E-state index contributed by atoms with van der Waals surface area (Å²) in [6.45, 7) is 15.9. The van der Waals surface area contributed by atoms with Gasteiger partial charge >= 0.3 is 0 Å². The van der Waals surface area contributed by atoms with Gasteiger partial charge in [0, 0.05) is 37.9 Å². The molecule has 154 valence electrons. The molecule has 1 aliphatic heterocycles. The second kappa shape index (κ2) is 8.90. The Bertz CT molecular complexity index is 785. The first kappa shape index (κ1) is 20.6. The number of piperidine rings is 1. The Morgan fingerprint density at radius 1 is 1.18 bits per heavy atom. The van der Waals surface area contributed by atoms with Gasteiger partial charge in [0.1, 0.15) is 6.54 Å². The number of aliphatic imine (C=N–C) groups is 1. The van der Waals surface area contributed by atoms with Crippen LogP contribution in [-0.2, 0) is 6.54 Å². The zero-order valence-electron chi connectivity index (χ0n) is 17.9. The fourth-order valence-electron chi connectivity index (χ4n) is 4.06. The van der Waals surface area contributed by atoms with E-state index >= 15 is 0 Å². The van der Waals surface area contributed by atoms with Gasteiger partial charge in [-0.1, -0.05) is 19.9 Å². The topological polar surface area (TPSA) is 69.8 Å². The summed E-state index contributed by atoms with van der Waals surface area (Å²) in [6, 6.07) is 5.90. The minimum absolute atomic E-state index is 0.0701. The minimum Gasteiger partial charge on any atom is -0.357 e. The fourth-order valence-corrected chi connectivity index (χ4v) is 4.06. The van der Waals surface area contributed by atoms with Crippen LogP contribution in [0.5, 0.6) is 0 Å². The van der Waals surface area contributed by atoms with Crippen LogP contribution in [0, 0.1) is 11.8 Å². The number of pyridine rings is 1. The first-order valence-corrected chi connectivity index (χ1v) is 10.4. The molecule has 28 heavy (non-hydrogen) atoms. The van der Waals surface area contributed by atoms with Crippen LogP contribution in [0.25, 0.3) is 5.65 Å². The van der Waals surface area contributed by atoms with Crippen molar-refractivity contribution in [1.82, 2.24) is 30.1 Å². The number of nitrogens with one attached hydrogen (secondary N) is 2. The minimum atomic E-state index is 0.0701. The Morgan fingerprint density at radius 2 is 1.93 bits per heavy atom. The van der Waals surface area contributed by atoms with Crippen molar-refractivity contribution in [3.8, 4) is 0 Å². The highest BCUT2D eigenvalue weighted by molar-refractivity contribution is 5.79. The molecule has 0 aliphatic carbocycles. The molecule has 7 nitrogen and oxygen atoms in total.